The van der Waals surface area contributed by atoms with E-state index in [1.807, 2.05) is 36.4 Å². The number of nitrogens with zero attached hydrogens (tertiary/aromatic N) is 3. The molecule has 54 heavy (non-hydrogen) atoms. The second kappa shape index (κ2) is 13.5. The molecule has 0 fully saturated rings. The van der Waals surface area contributed by atoms with Crippen LogP contribution in [0, 0.1) is 0 Å². The first-order chi connectivity index (χ1) is 26.8. The Bertz CT molecular complexity index is 2810. The lowest BCUT2D eigenvalue weighted by molar-refractivity contribution is 0.998. The van der Waals surface area contributed by atoms with Crippen LogP contribution in [0.2, 0.25) is 0 Å². The summed E-state index contributed by atoms with van der Waals surface area (Å²) in [5.41, 5.74) is 12.5. The fraction of sp³-hybridized carbons (Fsp3) is 0.0392. The highest BCUT2D eigenvalue weighted by Gasteiger charge is 2.20. The van der Waals surface area contributed by atoms with Gasteiger partial charge in [-0.1, -0.05) is 164 Å². The van der Waals surface area contributed by atoms with Crippen molar-refractivity contribution in [3.05, 3.63) is 193 Å². The van der Waals surface area contributed by atoms with Crippen LogP contribution in [0.3, 0.4) is 0 Å². The molecule has 1 aliphatic carbocycles. The molecular weight excluding hydrogens is 655 g/mol. The largest absolute Gasteiger partial charge is 0.208 e. The van der Waals surface area contributed by atoms with Crippen LogP contribution in [0.1, 0.15) is 17.5 Å². The molecule has 0 radical (unpaired) electrons. The highest BCUT2D eigenvalue weighted by Crippen LogP contribution is 2.42. The van der Waals surface area contributed by atoms with E-state index in [0.29, 0.717) is 17.5 Å². The van der Waals surface area contributed by atoms with Crippen LogP contribution in [0.15, 0.2) is 182 Å². The zero-order valence-electron chi connectivity index (χ0n) is 29.7. The van der Waals surface area contributed by atoms with E-state index in [9.17, 15) is 0 Å². The Hall–Kier alpha value is -6.97. The first kappa shape index (κ1) is 31.7. The molecule has 0 bridgehead atoms. The number of benzene rings is 8. The second-order valence-corrected chi connectivity index (χ2v) is 13.9. The van der Waals surface area contributed by atoms with Crippen molar-refractivity contribution < 1.29 is 0 Å². The summed E-state index contributed by atoms with van der Waals surface area (Å²) < 4.78 is 0. The number of rotatable bonds is 6. The van der Waals surface area contributed by atoms with Crippen LogP contribution in [0.4, 0.5) is 0 Å². The number of hydrogen-bond acceptors (Lipinski definition) is 3. The standard InChI is InChI=1S/C51H35N3/c1-3-17-35(18-4-1)49-52-50(36-19-5-2-6-20-36)54-51(53-49)40-31-38(43-25-11-12-27-45(43)46-29-15-22-34-16-7-9-23-41(34)46)30-39(32-40)48-33-37-21-8-10-24-42(37)44-26-13-14-28-47(44)48/h1-12,14-25,27-33H,13,26H2. The van der Waals surface area contributed by atoms with E-state index in [1.54, 1.807) is 0 Å². The Labute approximate surface area is 315 Å². The van der Waals surface area contributed by atoms with Gasteiger partial charge in [0.05, 0.1) is 0 Å². The van der Waals surface area contributed by atoms with Crippen LogP contribution in [0.5, 0.6) is 0 Å². The van der Waals surface area contributed by atoms with Gasteiger partial charge < -0.3 is 0 Å². The highest BCUT2D eigenvalue weighted by atomic mass is 15.0. The summed E-state index contributed by atoms with van der Waals surface area (Å²) >= 11 is 0. The maximum absolute atomic E-state index is 5.19. The van der Waals surface area contributed by atoms with E-state index < -0.39 is 0 Å². The van der Waals surface area contributed by atoms with E-state index in [1.165, 1.54) is 49.4 Å². The zero-order valence-corrected chi connectivity index (χ0v) is 29.7. The minimum Gasteiger partial charge on any atom is -0.208 e. The first-order valence-corrected chi connectivity index (χ1v) is 18.6. The number of aryl methyl sites for hydroxylation is 1. The van der Waals surface area contributed by atoms with E-state index in [2.05, 4.69) is 152 Å². The van der Waals surface area contributed by atoms with Crippen molar-refractivity contribution in [2.75, 3.05) is 0 Å². The Morgan fingerprint density at radius 1 is 0.352 bits per heavy atom. The smallest absolute Gasteiger partial charge is 0.164 e. The molecule has 8 aromatic carbocycles. The van der Waals surface area contributed by atoms with Gasteiger partial charge in [0.15, 0.2) is 17.5 Å². The molecule has 0 saturated heterocycles. The zero-order chi connectivity index (χ0) is 35.8. The first-order valence-electron chi connectivity index (χ1n) is 18.6. The lowest BCUT2D eigenvalue weighted by Crippen LogP contribution is -2.01. The van der Waals surface area contributed by atoms with Crippen molar-refractivity contribution in [3.8, 4) is 67.5 Å². The SMILES string of the molecule is C1=Cc2c(-c3cc(-c4nc(-c5ccccc5)nc(-c5ccccc5)n4)cc(-c4ccccc4-c4cccc5ccccc45)c3)cc3ccccc3c2CC1. The minimum absolute atomic E-state index is 0.638. The number of hydrogen-bond donors (Lipinski definition) is 0. The Kier molecular flexibility index (Phi) is 7.96. The van der Waals surface area contributed by atoms with Crippen LogP contribution in [0.25, 0.3) is 95.2 Å². The van der Waals surface area contributed by atoms with Crippen LogP contribution in [-0.2, 0) is 6.42 Å². The average Bonchev–Trinajstić information content (AvgIpc) is 3.26. The van der Waals surface area contributed by atoms with Gasteiger partial charge in [0.25, 0.3) is 0 Å². The maximum Gasteiger partial charge on any atom is 0.164 e. The third kappa shape index (κ3) is 5.77. The summed E-state index contributed by atoms with van der Waals surface area (Å²) in [6.45, 7) is 0. The molecule has 1 aromatic heterocycles. The summed E-state index contributed by atoms with van der Waals surface area (Å²) in [4.78, 5) is 15.4. The molecule has 0 spiro atoms. The molecule has 0 saturated carbocycles. The molecule has 0 aliphatic heterocycles. The highest BCUT2D eigenvalue weighted by molar-refractivity contribution is 6.02. The van der Waals surface area contributed by atoms with Crippen molar-refractivity contribution in [1.82, 2.24) is 15.0 Å². The summed E-state index contributed by atoms with van der Waals surface area (Å²) in [6, 6.07) is 62.4. The van der Waals surface area contributed by atoms with Gasteiger partial charge in [0.2, 0.25) is 0 Å². The summed E-state index contributed by atoms with van der Waals surface area (Å²) in [5, 5.41) is 5.04. The van der Waals surface area contributed by atoms with Crippen molar-refractivity contribution >= 4 is 27.6 Å². The summed E-state index contributed by atoms with van der Waals surface area (Å²) in [7, 11) is 0. The average molecular weight is 690 g/mol. The number of fused-ring (bicyclic) bond motifs is 4. The van der Waals surface area contributed by atoms with Crippen LogP contribution in [-0.4, -0.2) is 15.0 Å². The number of allylic oxidation sites excluding steroid dienone is 1. The van der Waals surface area contributed by atoms with Crippen LogP contribution < -0.4 is 0 Å². The minimum atomic E-state index is 0.638. The van der Waals surface area contributed by atoms with Gasteiger partial charge >= 0.3 is 0 Å². The fourth-order valence-electron chi connectivity index (χ4n) is 8.00. The van der Waals surface area contributed by atoms with Crippen molar-refractivity contribution in [1.29, 1.82) is 0 Å². The van der Waals surface area contributed by atoms with Gasteiger partial charge in [0, 0.05) is 16.7 Å². The lowest BCUT2D eigenvalue weighted by atomic mass is 9.84. The van der Waals surface area contributed by atoms with Gasteiger partial charge in [-0.25, -0.2) is 15.0 Å². The van der Waals surface area contributed by atoms with E-state index >= 15 is 0 Å². The van der Waals surface area contributed by atoms with E-state index in [0.717, 1.165) is 46.2 Å². The third-order valence-corrected chi connectivity index (χ3v) is 10.6. The van der Waals surface area contributed by atoms with Crippen molar-refractivity contribution in [2.24, 2.45) is 0 Å². The maximum atomic E-state index is 5.19. The molecule has 10 rings (SSSR count). The molecule has 1 heterocycles. The number of aromatic nitrogens is 3. The van der Waals surface area contributed by atoms with E-state index in [4.69, 9.17) is 15.0 Å². The summed E-state index contributed by atoms with van der Waals surface area (Å²) in [5.74, 6) is 1.93. The normalized spacial score (nSPS) is 12.2. The van der Waals surface area contributed by atoms with Gasteiger partial charge in [-0.2, -0.15) is 0 Å². The lowest BCUT2D eigenvalue weighted by Gasteiger charge is -2.20. The molecule has 0 N–H and O–H groups in total. The molecule has 3 nitrogen and oxygen atoms in total. The van der Waals surface area contributed by atoms with Crippen LogP contribution >= 0.6 is 0 Å². The Morgan fingerprint density at radius 3 is 1.59 bits per heavy atom. The summed E-state index contributed by atoms with van der Waals surface area (Å²) in [6.07, 6.45) is 6.69. The van der Waals surface area contributed by atoms with Crippen molar-refractivity contribution in [3.63, 3.8) is 0 Å². The predicted octanol–water partition coefficient (Wildman–Crippen LogP) is 13.1. The predicted molar refractivity (Wildman–Crippen MR) is 225 cm³/mol. The van der Waals surface area contributed by atoms with Gasteiger partial charge in [0.1, 0.15) is 0 Å². The van der Waals surface area contributed by atoms with E-state index in [-0.39, 0.29) is 0 Å². The monoisotopic (exact) mass is 689 g/mol. The Morgan fingerprint density at radius 2 is 0.870 bits per heavy atom. The molecule has 0 amide bonds. The fourth-order valence-corrected chi connectivity index (χ4v) is 8.00. The topological polar surface area (TPSA) is 38.7 Å². The Balaban J connectivity index is 1.26. The second-order valence-electron chi connectivity index (χ2n) is 13.9. The molecule has 0 atom stereocenters. The molecular formula is C51H35N3. The van der Waals surface area contributed by atoms with Crippen molar-refractivity contribution in [2.45, 2.75) is 12.8 Å². The molecule has 3 heteroatoms. The molecule has 254 valence electrons. The quantitative estimate of drug-likeness (QED) is 0.174. The van der Waals surface area contributed by atoms with Gasteiger partial charge in [-0.05, 0) is 103 Å². The molecule has 0 unspecified atom stereocenters. The molecule has 1 aliphatic rings. The van der Waals surface area contributed by atoms with Gasteiger partial charge in [-0.15, -0.1) is 0 Å². The third-order valence-electron chi connectivity index (χ3n) is 10.6. The molecule has 9 aromatic rings. The van der Waals surface area contributed by atoms with Gasteiger partial charge in [-0.3, -0.25) is 0 Å².